The van der Waals surface area contributed by atoms with E-state index >= 15 is 0 Å². The lowest BCUT2D eigenvalue weighted by Gasteiger charge is -2.16. The van der Waals surface area contributed by atoms with Crippen LogP contribution in [0.1, 0.15) is 11.8 Å². The van der Waals surface area contributed by atoms with Crippen LogP contribution in [0.4, 0.5) is 10.2 Å². The fraction of sp³-hybridized carbons (Fsp3) is 0.333. The van der Waals surface area contributed by atoms with Crippen LogP contribution in [0, 0.1) is 0 Å². The molecule has 2 rings (SSSR count). The van der Waals surface area contributed by atoms with Crippen LogP contribution >= 0.6 is 15.9 Å². The molecule has 2 heterocycles. The van der Waals surface area contributed by atoms with Gasteiger partial charge in [0.15, 0.2) is 6.23 Å². The predicted octanol–water partition coefficient (Wildman–Crippen LogP) is 0.295. The minimum atomic E-state index is -1.34. The number of nitrogen functional groups attached to an aromatic ring is 1. The molecule has 21 heavy (non-hydrogen) atoms. The predicted molar refractivity (Wildman–Crippen MR) is 77.1 cm³/mol. The summed E-state index contributed by atoms with van der Waals surface area (Å²) in [5, 5.41) is 18.9. The van der Waals surface area contributed by atoms with Crippen LogP contribution in [0.25, 0.3) is 6.08 Å². The molecule has 0 bridgehead atoms. The maximum atomic E-state index is 13.0. The van der Waals surface area contributed by atoms with E-state index in [0.717, 1.165) is 4.57 Å². The van der Waals surface area contributed by atoms with E-state index in [4.69, 9.17) is 15.6 Å². The summed E-state index contributed by atoms with van der Waals surface area (Å²) < 4.78 is 19.3. The van der Waals surface area contributed by atoms with Crippen molar-refractivity contribution in [3.63, 3.8) is 0 Å². The smallest absolute Gasteiger partial charge is 0.351 e. The third-order valence-corrected chi connectivity index (χ3v) is 3.36. The monoisotopic (exact) mass is 361 g/mol. The number of nitrogens with zero attached hydrogens (tertiary/aromatic N) is 2. The Balaban J connectivity index is 2.51. The molecule has 4 N–H and O–H groups in total. The molecule has 1 aliphatic rings. The highest BCUT2D eigenvalue weighted by Crippen LogP contribution is 2.33. The normalized spacial score (nSPS) is 27.8. The summed E-state index contributed by atoms with van der Waals surface area (Å²) in [6, 6.07) is 0. The van der Waals surface area contributed by atoms with E-state index in [-0.39, 0.29) is 17.7 Å². The number of aromatic nitrogens is 2. The molecule has 1 saturated heterocycles. The standard InChI is InChI=1S/C12H13BrFN3O4/c13-2-1-6-4-17(12(20)16-10(6)15)11-7(3-14)9(19)8(5-18)21-11/h1-4,8-9,11,18-19H,5H2,(H2,15,16,20)/b2-1-,7-3+. The van der Waals surface area contributed by atoms with E-state index in [9.17, 15) is 14.3 Å². The Kier molecular flexibility index (Phi) is 4.88. The van der Waals surface area contributed by atoms with Crippen molar-refractivity contribution in [1.29, 1.82) is 0 Å². The number of halogens is 2. The highest BCUT2D eigenvalue weighted by molar-refractivity contribution is 9.11. The summed E-state index contributed by atoms with van der Waals surface area (Å²) in [6.07, 6.45) is -0.505. The Labute approximate surface area is 127 Å². The van der Waals surface area contributed by atoms with Gasteiger partial charge in [0.25, 0.3) is 0 Å². The van der Waals surface area contributed by atoms with Crippen molar-refractivity contribution < 1.29 is 19.3 Å². The van der Waals surface area contributed by atoms with Crippen molar-refractivity contribution in [1.82, 2.24) is 9.55 Å². The third-order valence-electron chi connectivity index (χ3n) is 3.09. The van der Waals surface area contributed by atoms with E-state index in [1.54, 1.807) is 6.08 Å². The molecular formula is C12H13BrFN3O4. The Hall–Kier alpha value is -1.55. The topological polar surface area (TPSA) is 111 Å². The molecule has 0 spiro atoms. The molecule has 0 aliphatic carbocycles. The van der Waals surface area contributed by atoms with Gasteiger partial charge in [0, 0.05) is 17.3 Å². The number of ether oxygens (including phenoxy) is 1. The molecule has 3 atom stereocenters. The van der Waals surface area contributed by atoms with Gasteiger partial charge in [0.2, 0.25) is 0 Å². The molecule has 7 nitrogen and oxygen atoms in total. The Morgan fingerprint density at radius 2 is 2.33 bits per heavy atom. The quantitative estimate of drug-likeness (QED) is 0.713. The van der Waals surface area contributed by atoms with Gasteiger partial charge in [-0.15, -0.1) is 0 Å². The molecule has 1 aromatic heterocycles. The molecule has 1 aliphatic heterocycles. The molecule has 9 heteroatoms. The average molecular weight is 362 g/mol. The number of hydrogen-bond donors (Lipinski definition) is 3. The molecular weight excluding hydrogens is 349 g/mol. The molecule has 0 aromatic carbocycles. The van der Waals surface area contributed by atoms with Gasteiger partial charge < -0.3 is 20.7 Å². The number of nitrogens with two attached hydrogens (primary N) is 1. The second-order valence-corrected chi connectivity index (χ2v) is 4.86. The summed E-state index contributed by atoms with van der Waals surface area (Å²) in [5.41, 5.74) is 5.09. The first-order chi connectivity index (χ1) is 10.0. The highest BCUT2D eigenvalue weighted by Gasteiger charge is 2.40. The first-order valence-electron chi connectivity index (χ1n) is 5.93. The van der Waals surface area contributed by atoms with Gasteiger partial charge in [-0.05, 0) is 11.1 Å². The minimum absolute atomic E-state index is 0.00924. The van der Waals surface area contributed by atoms with Crippen molar-refractivity contribution in [2.24, 2.45) is 0 Å². The summed E-state index contributed by atoms with van der Waals surface area (Å²) in [4.78, 5) is 17.0. The van der Waals surface area contributed by atoms with Crippen LogP contribution in [0.5, 0.6) is 0 Å². The van der Waals surface area contributed by atoms with Gasteiger partial charge in [-0.3, -0.25) is 4.57 Å². The van der Waals surface area contributed by atoms with Crippen molar-refractivity contribution in [3.05, 3.63) is 39.1 Å². The second kappa shape index (κ2) is 6.48. The van der Waals surface area contributed by atoms with Crippen molar-refractivity contribution in [3.8, 4) is 0 Å². The van der Waals surface area contributed by atoms with E-state index in [1.807, 2.05) is 0 Å². The zero-order chi connectivity index (χ0) is 15.6. The largest absolute Gasteiger partial charge is 0.394 e. The lowest BCUT2D eigenvalue weighted by molar-refractivity contribution is -0.0447. The van der Waals surface area contributed by atoms with Crippen molar-refractivity contribution in [2.45, 2.75) is 18.4 Å². The van der Waals surface area contributed by atoms with E-state index in [0.29, 0.717) is 5.56 Å². The number of rotatable bonds is 3. The third kappa shape index (κ3) is 2.91. The van der Waals surface area contributed by atoms with Gasteiger partial charge in [-0.25, -0.2) is 9.18 Å². The maximum absolute atomic E-state index is 13.0. The van der Waals surface area contributed by atoms with Crippen LogP contribution in [-0.4, -0.2) is 38.6 Å². The van der Waals surface area contributed by atoms with Gasteiger partial charge in [0.1, 0.15) is 18.0 Å². The van der Waals surface area contributed by atoms with E-state index in [2.05, 4.69) is 20.9 Å². The van der Waals surface area contributed by atoms with Crippen molar-refractivity contribution in [2.75, 3.05) is 12.3 Å². The summed E-state index contributed by atoms with van der Waals surface area (Å²) in [5.74, 6) is 0.00924. The number of anilines is 1. The maximum Gasteiger partial charge on any atom is 0.351 e. The van der Waals surface area contributed by atoms with Gasteiger partial charge in [-0.1, -0.05) is 15.9 Å². The Morgan fingerprint density at radius 3 is 2.90 bits per heavy atom. The molecule has 0 amide bonds. The number of aliphatic hydroxyl groups is 2. The Morgan fingerprint density at radius 1 is 1.62 bits per heavy atom. The van der Waals surface area contributed by atoms with Crippen LogP contribution in [-0.2, 0) is 4.74 Å². The fourth-order valence-corrected chi connectivity index (χ4v) is 2.31. The average Bonchev–Trinajstić information content (AvgIpc) is 2.78. The lowest BCUT2D eigenvalue weighted by Crippen LogP contribution is -2.29. The summed E-state index contributed by atoms with van der Waals surface area (Å²) >= 11 is 3.08. The number of aliphatic hydroxyl groups excluding tert-OH is 2. The molecule has 3 unspecified atom stereocenters. The Bertz CT molecular complexity index is 646. The van der Waals surface area contributed by atoms with E-state index in [1.165, 1.54) is 11.2 Å². The van der Waals surface area contributed by atoms with E-state index < -0.39 is 30.7 Å². The van der Waals surface area contributed by atoms with Gasteiger partial charge in [0.05, 0.1) is 12.9 Å². The molecule has 0 saturated carbocycles. The van der Waals surface area contributed by atoms with Gasteiger partial charge >= 0.3 is 5.69 Å². The fourth-order valence-electron chi connectivity index (χ4n) is 2.03. The van der Waals surface area contributed by atoms with Gasteiger partial charge in [-0.2, -0.15) is 4.98 Å². The lowest BCUT2D eigenvalue weighted by atomic mass is 10.1. The van der Waals surface area contributed by atoms with Crippen LogP contribution < -0.4 is 11.4 Å². The first-order valence-corrected chi connectivity index (χ1v) is 6.85. The SMILES string of the molecule is Nc1nc(=O)n(C2OC(CO)C(O)/C2=C\F)cc1/C=C\Br. The highest BCUT2D eigenvalue weighted by atomic mass is 79.9. The zero-order valence-electron chi connectivity index (χ0n) is 10.7. The molecule has 1 fully saturated rings. The second-order valence-electron chi connectivity index (χ2n) is 4.33. The first kappa shape index (κ1) is 15.8. The molecule has 0 radical (unpaired) electrons. The van der Waals surface area contributed by atoms with Crippen LogP contribution in [0.3, 0.4) is 0 Å². The minimum Gasteiger partial charge on any atom is -0.394 e. The number of hydrogen-bond acceptors (Lipinski definition) is 6. The van der Waals surface area contributed by atoms with Crippen molar-refractivity contribution >= 4 is 27.8 Å². The summed E-state index contributed by atoms with van der Waals surface area (Å²) in [7, 11) is 0. The zero-order valence-corrected chi connectivity index (χ0v) is 12.3. The van der Waals surface area contributed by atoms with Crippen LogP contribution in [0.15, 0.2) is 27.9 Å². The van der Waals surface area contributed by atoms with Crippen LogP contribution in [0.2, 0.25) is 0 Å². The summed E-state index contributed by atoms with van der Waals surface area (Å²) in [6.45, 7) is -0.514. The molecule has 114 valence electrons. The molecule has 1 aromatic rings.